The van der Waals surface area contributed by atoms with E-state index >= 15 is 0 Å². The Morgan fingerprint density at radius 1 is 1.50 bits per heavy atom. The molecule has 0 spiro atoms. The maximum atomic E-state index is 6.19. The van der Waals surface area contributed by atoms with E-state index in [2.05, 4.69) is 11.8 Å². The molecule has 1 aliphatic heterocycles. The lowest BCUT2D eigenvalue weighted by Gasteiger charge is -2.24. The van der Waals surface area contributed by atoms with Crippen LogP contribution in [0.4, 0.5) is 5.69 Å². The van der Waals surface area contributed by atoms with E-state index < -0.39 is 0 Å². The van der Waals surface area contributed by atoms with Gasteiger partial charge in [0.1, 0.15) is 0 Å². The number of rotatable bonds is 3. The van der Waals surface area contributed by atoms with Gasteiger partial charge in [0.2, 0.25) is 0 Å². The second kappa shape index (κ2) is 5.07. The minimum absolute atomic E-state index is 0.704. The molecule has 1 fully saturated rings. The number of likely N-dealkylation sites (tertiary alicyclic amines) is 1. The van der Waals surface area contributed by atoms with E-state index in [0.717, 1.165) is 22.8 Å². The standard InChI is InChI=1S/C13H19ClN2/c1-2-10-5-4-8-16(10)9-11-12(14)6-3-7-13(11)15/h3,6-7,10H,2,4-5,8-9,15H2,1H3. The van der Waals surface area contributed by atoms with Crippen molar-refractivity contribution in [1.29, 1.82) is 0 Å². The summed E-state index contributed by atoms with van der Waals surface area (Å²) in [6, 6.07) is 6.46. The van der Waals surface area contributed by atoms with E-state index in [1.165, 1.54) is 25.8 Å². The first-order chi connectivity index (χ1) is 7.72. The summed E-state index contributed by atoms with van der Waals surface area (Å²) in [6.45, 7) is 4.31. The third-order valence-electron chi connectivity index (χ3n) is 3.49. The van der Waals surface area contributed by atoms with Crippen molar-refractivity contribution in [2.24, 2.45) is 0 Å². The van der Waals surface area contributed by atoms with Crippen LogP contribution in [0.2, 0.25) is 5.02 Å². The molecule has 1 aromatic carbocycles. The summed E-state index contributed by atoms with van der Waals surface area (Å²) in [6.07, 6.45) is 3.81. The van der Waals surface area contributed by atoms with Crippen molar-refractivity contribution in [1.82, 2.24) is 4.90 Å². The smallest absolute Gasteiger partial charge is 0.0471 e. The van der Waals surface area contributed by atoms with Gasteiger partial charge in [-0.05, 0) is 37.9 Å². The number of halogens is 1. The van der Waals surface area contributed by atoms with Crippen LogP contribution >= 0.6 is 11.6 Å². The van der Waals surface area contributed by atoms with E-state index in [0.29, 0.717) is 6.04 Å². The normalized spacial score (nSPS) is 21.5. The molecule has 0 aliphatic carbocycles. The van der Waals surface area contributed by atoms with Gasteiger partial charge in [0, 0.05) is 28.9 Å². The lowest BCUT2D eigenvalue weighted by Crippen LogP contribution is -2.28. The minimum atomic E-state index is 0.704. The molecule has 88 valence electrons. The molecule has 2 rings (SSSR count). The maximum Gasteiger partial charge on any atom is 0.0471 e. The first kappa shape index (κ1) is 11.7. The van der Waals surface area contributed by atoms with Gasteiger partial charge >= 0.3 is 0 Å². The van der Waals surface area contributed by atoms with Crippen LogP contribution in [-0.4, -0.2) is 17.5 Å². The number of nitrogens with zero attached hydrogens (tertiary/aromatic N) is 1. The van der Waals surface area contributed by atoms with Gasteiger partial charge in [-0.15, -0.1) is 0 Å². The Bertz CT molecular complexity index is 345. The molecule has 1 aliphatic rings. The summed E-state index contributed by atoms with van der Waals surface area (Å²) in [5, 5.41) is 0.793. The Hall–Kier alpha value is -0.730. The molecular formula is C13H19ClN2. The monoisotopic (exact) mass is 238 g/mol. The van der Waals surface area contributed by atoms with Gasteiger partial charge in [-0.1, -0.05) is 24.6 Å². The average Bonchev–Trinajstić information content (AvgIpc) is 2.71. The number of hydrogen-bond donors (Lipinski definition) is 1. The highest BCUT2D eigenvalue weighted by Crippen LogP contribution is 2.28. The Labute approximate surface area is 102 Å². The van der Waals surface area contributed by atoms with Gasteiger partial charge in [0.25, 0.3) is 0 Å². The molecule has 16 heavy (non-hydrogen) atoms. The molecule has 1 heterocycles. The molecule has 2 N–H and O–H groups in total. The quantitative estimate of drug-likeness (QED) is 0.819. The SMILES string of the molecule is CCC1CCCN1Cc1c(N)cccc1Cl. The second-order valence-corrected chi connectivity index (χ2v) is 4.89. The Kier molecular flexibility index (Phi) is 3.72. The molecular weight excluding hydrogens is 220 g/mol. The molecule has 0 amide bonds. The minimum Gasteiger partial charge on any atom is -0.398 e. The highest BCUT2D eigenvalue weighted by atomic mass is 35.5. The summed E-state index contributed by atoms with van der Waals surface area (Å²) in [5.41, 5.74) is 7.88. The zero-order chi connectivity index (χ0) is 11.5. The van der Waals surface area contributed by atoms with E-state index in [-0.39, 0.29) is 0 Å². The molecule has 2 nitrogen and oxygen atoms in total. The van der Waals surface area contributed by atoms with Crippen LogP contribution in [0.1, 0.15) is 31.7 Å². The third kappa shape index (κ3) is 2.33. The van der Waals surface area contributed by atoms with E-state index in [4.69, 9.17) is 17.3 Å². The van der Waals surface area contributed by atoms with Gasteiger partial charge in [-0.25, -0.2) is 0 Å². The lowest BCUT2D eigenvalue weighted by atomic mass is 10.1. The maximum absolute atomic E-state index is 6.19. The highest BCUT2D eigenvalue weighted by Gasteiger charge is 2.23. The largest absolute Gasteiger partial charge is 0.398 e. The number of nitrogen functional groups attached to an aromatic ring is 1. The number of hydrogen-bond acceptors (Lipinski definition) is 2. The summed E-state index contributed by atoms with van der Waals surface area (Å²) in [7, 11) is 0. The van der Waals surface area contributed by atoms with Gasteiger partial charge in [0.15, 0.2) is 0 Å². The summed E-state index contributed by atoms with van der Waals surface area (Å²) < 4.78 is 0. The van der Waals surface area contributed by atoms with Crippen LogP contribution in [0.15, 0.2) is 18.2 Å². The van der Waals surface area contributed by atoms with Crippen molar-refractivity contribution in [3.63, 3.8) is 0 Å². The van der Waals surface area contributed by atoms with E-state index in [1.54, 1.807) is 0 Å². The van der Waals surface area contributed by atoms with E-state index in [1.807, 2.05) is 18.2 Å². The Morgan fingerprint density at radius 3 is 3.00 bits per heavy atom. The number of anilines is 1. The van der Waals surface area contributed by atoms with Gasteiger partial charge < -0.3 is 5.73 Å². The molecule has 1 atom stereocenters. The highest BCUT2D eigenvalue weighted by molar-refractivity contribution is 6.31. The molecule has 0 aromatic heterocycles. The van der Waals surface area contributed by atoms with Crippen LogP contribution in [-0.2, 0) is 6.54 Å². The molecule has 1 unspecified atom stereocenters. The van der Waals surface area contributed by atoms with E-state index in [9.17, 15) is 0 Å². The van der Waals surface area contributed by atoms with Crippen molar-refractivity contribution >= 4 is 17.3 Å². The van der Waals surface area contributed by atoms with Crippen molar-refractivity contribution in [2.45, 2.75) is 38.8 Å². The molecule has 0 radical (unpaired) electrons. The van der Waals surface area contributed by atoms with Gasteiger partial charge in [-0.3, -0.25) is 4.90 Å². The predicted octanol–water partition coefficient (Wildman–Crippen LogP) is 3.30. The summed E-state index contributed by atoms with van der Waals surface area (Å²) in [4.78, 5) is 2.50. The summed E-state index contributed by atoms with van der Waals surface area (Å²) >= 11 is 6.19. The molecule has 0 bridgehead atoms. The fourth-order valence-electron chi connectivity index (χ4n) is 2.51. The van der Waals surface area contributed by atoms with Crippen molar-refractivity contribution < 1.29 is 0 Å². The van der Waals surface area contributed by atoms with Crippen LogP contribution in [0.25, 0.3) is 0 Å². The zero-order valence-electron chi connectivity index (χ0n) is 9.75. The predicted molar refractivity (Wildman–Crippen MR) is 69.6 cm³/mol. The zero-order valence-corrected chi connectivity index (χ0v) is 10.5. The fraction of sp³-hybridized carbons (Fsp3) is 0.538. The Balaban J connectivity index is 2.14. The van der Waals surface area contributed by atoms with Crippen molar-refractivity contribution in [3.8, 4) is 0 Å². The van der Waals surface area contributed by atoms with Crippen LogP contribution in [0.3, 0.4) is 0 Å². The van der Waals surface area contributed by atoms with Gasteiger partial charge in [-0.2, -0.15) is 0 Å². The number of nitrogens with two attached hydrogens (primary N) is 1. The number of benzene rings is 1. The van der Waals surface area contributed by atoms with Crippen LogP contribution in [0.5, 0.6) is 0 Å². The van der Waals surface area contributed by atoms with Crippen LogP contribution < -0.4 is 5.73 Å². The summed E-state index contributed by atoms with van der Waals surface area (Å²) in [5.74, 6) is 0. The average molecular weight is 239 g/mol. The first-order valence-corrected chi connectivity index (χ1v) is 6.37. The topological polar surface area (TPSA) is 29.3 Å². The Morgan fingerprint density at radius 2 is 2.31 bits per heavy atom. The fourth-order valence-corrected chi connectivity index (χ4v) is 2.75. The molecule has 3 heteroatoms. The first-order valence-electron chi connectivity index (χ1n) is 5.99. The molecule has 0 saturated carbocycles. The lowest BCUT2D eigenvalue weighted by molar-refractivity contribution is 0.240. The van der Waals surface area contributed by atoms with Gasteiger partial charge in [0.05, 0.1) is 0 Å². The van der Waals surface area contributed by atoms with Crippen molar-refractivity contribution in [3.05, 3.63) is 28.8 Å². The third-order valence-corrected chi connectivity index (χ3v) is 3.84. The van der Waals surface area contributed by atoms with Crippen LogP contribution in [0, 0.1) is 0 Å². The molecule has 1 aromatic rings. The second-order valence-electron chi connectivity index (χ2n) is 4.48. The van der Waals surface area contributed by atoms with Crippen molar-refractivity contribution in [2.75, 3.05) is 12.3 Å². The molecule has 1 saturated heterocycles.